The molecule has 0 amide bonds. The second kappa shape index (κ2) is 7.15. The molecule has 1 fully saturated rings. The van der Waals surface area contributed by atoms with E-state index in [0.29, 0.717) is 17.8 Å². The second-order valence-electron chi connectivity index (χ2n) is 5.46. The number of aromatic nitrogens is 2. The molecule has 1 aliphatic rings. The molecule has 1 aromatic carbocycles. The summed E-state index contributed by atoms with van der Waals surface area (Å²) in [7, 11) is 1.65. The van der Waals surface area contributed by atoms with Gasteiger partial charge in [-0.1, -0.05) is 17.3 Å². The van der Waals surface area contributed by atoms with Crippen LogP contribution in [0.15, 0.2) is 28.8 Å². The van der Waals surface area contributed by atoms with Gasteiger partial charge in [-0.05, 0) is 43.4 Å². The maximum Gasteiger partial charge on any atom is 0.243 e. The topological polar surface area (TPSA) is 60.2 Å². The molecule has 0 bridgehead atoms. The lowest BCUT2D eigenvalue weighted by Crippen LogP contribution is -2.34. The van der Waals surface area contributed by atoms with E-state index < -0.39 is 0 Å². The zero-order valence-electron chi connectivity index (χ0n) is 12.9. The van der Waals surface area contributed by atoms with Crippen LogP contribution in [0.25, 0.3) is 11.4 Å². The summed E-state index contributed by atoms with van der Waals surface area (Å²) in [5.41, 5.74) is 0.899. The van der Waals surface area contributed by atoms with Gasteiger partial charge in [0.25, 0.3) is 0 Å². The van der Waals surface area contributed by atoms with Gasteiger partial charge in [-0.25, -0.2) is 0 Å². The van der Waals surface area contributed by atoms with E-state index in [4.69, 9.17) is 9.26 Å². The van der Waals surface area contributed by atoms with Crippen molar-refractivity contribution in [1.29, 1.82) is 0 Å². The maximum atomic E-state index is 5.43. The van der Waals surface area contributed by atoms with Gasteiger partial charge in [0.05, 0.1) is 13.2 Å². The van der Waals surface area contributed by atoms with E-state index in [-0.39, 0.29) is 6.04 Å². The first-order chi connectivity index (χ1) is 10.8. The average Bonchev–Trinajstić information content (AvgIpc) is 3.06. The molecule has 0 spiro atoms. The van der Waals surface area contributed by atoms with Crippen molar-refractivity contribution in [1.82, 2.24) is 15.5 Å². The molecular formula is C16H21N3O2S. The van der Waals surface area contributed by atoms with Crippen molar-refractivity contribution < 1.29 is 9.26 Å². The third-order valence-corrected chi connectivity index (χ3v) is 4.90. The van der Waals surface area contributed by atoms with Crippen LogP contribution in [0.1, 0.15) is 31.7 Å². The lowest BCUT2D eigenvalue weighted by Gasteiger charge is -2.24. The van der Waals surface area contributed by atoms with Gasteiger partial charge in [0.2, 0.25) is 11.7 Å². The lowest BCUT2D eigenvalue weighted by molar-refractivity contribution is 0.317. The van der Waals surface area contributed by atoms with E-state index in [1.54, 1.807) is 7.11 Å². The summed E-state index contributed by atoms with van der Waals surface area (Å²) < 4.78 is 10.7. The number of nitrogens with one attached hydrogen (secondary N) is 1. The van der Waals surface area contributed by atoms with E-state index in [0.717, 1.165) is 11.3 Å². The van der Waals surface area contributed by atoms with Crippen LogP contribution in [0.5, 0.6) is 5.75 Å². The minimum Gasteiger partial charge on any atom is -0.497 e. The van der Waals surface area contributed by atoms with Gasteiger partial charge in [-0.2, -0.15) is 16.7 Å². The predicted molar refractivity (Wildman–Crippen MR) is 88.2 cm³/mol. The summed E-state index contributed by atoms with van der Waals surface area (Å²) in [5.74, 6) is 4.47. The van der Waals surface area contributed by atoms with Gasteiger partial charge in [-0.15, -0.1) is 0 Å². The molecule has 5 nitrogen and oxygen atoms in total. The van der Waals surface area contributed by atoms with Crippen molar-refractivity contribution in [3.63, 3.8) is 0 Å². The number of thioether (sulfide) groups is 1. The summed E-state index contributed by atoms with van der Waals surface area (Å²) in [6.07, 6.45) is 2.40. The molecule has 2 heterocycles. The van der Waals surface area contributed by atoms with Gasteiger partial charge < -0.3 is 14.6 Å². The molecule has 1 aromatic heterocycles. The van der Waals surface area contributed by atoms with Crippen LogP contribution in [0.2, 0.25) is 0 Å². The molecule has 2 aromatic rings. The van der Waals surface area contributed by atoms with E-state index >= 15 is 0 Å². The Morgan fingerprint density at radius 1 is 1.36 bits per heavy atom. The summed E-state index contributed by atoms with van der Waals surface area (Å²) in [4.78, 5) is 4.52. The number of nitrogens with zero attached hydrogens (tertiary/aromatic N) is 2. The Kier molecular flexibility index (Phi) is 5.00. The van der Waals surface area contributed by atoms with E-state index in [1.807, 2.05) is 36.0 Å². The fraction of sp³-hybridized carbons (Fsp3) is 0.500. The minimum atomic E-state index is 0.0694. The van der Waals surface area contributed by atoms with E-state index in [1.165, 1.54) is 24.3 Å². The van der Waals surface area contributed by atoms with Crippen LogP contribution in [0, 0.1) is 0 Å². The summed E-state index contributed by atoms with van der Waals surface area (Å²) in [5, 5.41) is 7.68. The third kappa shape index (κ3) is 3.62. The maximum absolute atomic E-state index is 5.43. The molecule has 22 heavy (non-hydrogen) atoms. The van der Waals surface area contributed by atoms with Gasteiger partial charge in [0.15, 0.2) is 0 Å². The van der Waals surface area contributed by atoms with Gasteiger partial charge in [0, 0.05) is 11.6 Å². The highest BCUT2D eigenvalue weighted by molar-refractivity contribution is 7.99. The first-order valence-electron chi connectivity index (χ1n) is 7.58. The molecule has 1 aliphatic heterocycles. The molecule has 118 valence electrons. The quantitative estimate of drug-likeness (QED) is 0.912. The van der Waals surface area contributed by atoms with Crippen molar-refractivity contribution >= 4 is 11.8 Å². The first-order valence-corrected chi connectivity index (χ1v) is 8.73. The van der Waals surface area contributed by atoms with Crippen molar-refractivity contribution in [3.05, 3.63) is 30.2 Å². The van der Waals surface area contributed by atoms with Crippen LogP contribution in [-0.4, -0.2) is 34.8 Å². The number of rotatable bonds is 5. The Bertz CT molecular complexity index is 611. The highest BCUT2D eigenvalue weighted by Gasteiger charge is 2.20. The van der Waals surface area contributed by atoms with Crippen LogP contribution in [0.4, 0.5) is 0 Å². The molecule has 1 saturated heterocycles. The fourth-order valence-corrected chi connectivity index (χ4v) is 3.69. The monoisotopic (exact) mass is 319 g/mol. The van der Waals surface area contributed by atoms with Crippen molar-refractivity contribution in [2.45, 2.75) is 31.8 Å². The van der Waals surface area contributed by atoms with Gasteiger partial charge >= 0.3 is 0 Å². The molecule has 0 radical (unpaired) electrons. The summed E-state index contributed by atoms with van der Waals surface area (Å²) in [6, 6.07) is 8.29. The average molecular weight is 319 g/mol. The van der Waals surface area contributed by atoms with Crippen molar-refractivity contribution in [2.24, 2.45) is 0 Å². The molecule has 1 atom stereocenters. The van der Waals surface area contributed by atoms with Crippen LogP contribution < -0.4 is 10.1 Å². The normalized spacial score (nSPS) is 17.4. The second-order valence-corrected chi connectivity index (χ2v) is 6.69. The number of ether oxygens (including phenoxy) is 1. The van der Waals surface area contributed by atoms with Gasteiger partial charge in [-0.3, -0.25) is 0 Å². The van der Waals surface area contributed by atoms with Crippen LogP contribution in [0.3, 0.4) is 0 Å². The standard InChI is InChI=1S/C16H21N3O2S/c1-11(17-13-6-8-22-9-7-13)16-18-15(19-21-16)12-4-3-5-14(10-12)20-2/h3-5,10-11,13,17H,6-9H2,1-2H3/t11-/m1/s1. The molecular weight excluding hydrogens is 298 g/mol. The summed E-state index contributed by atoms with van der Waals surface area (Å²) in [6.45, 7) is 2.07. The minimum absolute atomic E-state index is 0.0694. The van der Waals surface area contributed by atoms with E-state index in [2.05, 4.69) is 22.4 Å². The molecule has 6 heteroatoms. The first kappa shape index (κ1) is 15.4. The van der Waals surface area contributed by atoms with Crippen LogP contribution >= 0.6 is 11.8 Å². The Hall–Kier alpha value is -1.53. The van der Waals surface area contributed by atoms with Crippen molar-refractivity contribution in [2.75, 3.05) is 18.6 Å². The molecule has 0 unspecified atom stereocenters. The molecule has 1 N–H and O–H groups in total. The van der Waals surface area contributed by atoms with E-state index in [9.17, 15) is 0 Å². The fourth-order valence-electron chi connectivity index (χ4n) is 2.58. The molecule has 0 aliphatic carbocycles. The number of hydrogen-bond donors (Lipinski definition) is 1. The Morgan fingerprint density at radius 3 is 2.95 bits per heavy atom. The zero-order valence-corrected chi connectivity index (χ0v) is 13.7. The molecule has 0 saturated carbocycles. The number of hydrogen-bond acceptors (Lipinski definition) is 6. The Labute approximate surface area is 134 Å². The smallest absolute Gasteiger partial charge is 0.243 e. The summed E-state index contributed by atoms with van der Waals surface area (Å²) >= 11 is 2.02. The largest absolute Gasteiger partial charge is 0.497 e. The Morgan fingerprint density at radius 2 is 2.18 bits per heavy atom. The molecule has 3 rings (SSSR count). The van der Waals surface area contributed by atoms with Crippen molar-refractivity contribution in [3.8, 4) is 17.1 Å². The highest BCUT2D eigenvalue weighted by atomic mass is 32.2. The third-order valence-electron chi connectivity index (χ3n) is 3.85. The zero-order chi connectivity index (χ0) is 15.4. The van der Waals surface area contributed by atoms with Gasteiger partial charge in [0.1, 0.15) is 5.75 Å². The predicted octanol–water partition coefficient (Wildman–Crippen LogP) is 3.29. The lowest BCUT2D eigenvalue weighted by atomic mass is 10.1. The highest BCUT2D eigenvalue weighted by Crippen LogP contribution is 2.24. The van der Waals surface area contributed by atoms with Crippen LogP contribution in [-0.2, 0) is 0 Å². The number of benzene rings is 1. The SMILES string of the molecule is COc1cccc(-c2noc([C@@H](C)NC3CCSCC3)n2)c1. The number of methoxy groups -OCH3 is 1. The Balaban J connectivity index is 1.69.